The molecule has 12 nitrogen and oxygen atoms in total. The van der Waals surface area contributed by atoms with Crippen molar-refractivity contribution in [3.63, 3.8) is 0 Å². The second-order valence-electron chi connectivity index (χ2n) is 12.0. The fourth-order valence-electron chi connectivity index (χ4n) is 5.79. The van der Waals surface area contributed by atoms with Gasteiger partial charge in [-0.3, -0.25) is 33.4 Å². The molecule has 0 radical (unpaired) electrons. The number of ether oxygens (including phenoxy) is 1. The Labute approximate surface area is 250 Å². The summed E-state index contributed by atoms with van der Waals surface area (Å²) in [6.45, 7) is 7.81. The summed E-state index contributed by atoms with van der Waals surface area (Å²) in [5.74, 6) is -0.184. The number of hydrogen-bond acceptors (Lipinski definition) is 10. The quantitative estimate of drug-likeness (QED) is 0.174. The van der Waals surface area contributed by atoms with Gasteiger partial charge in [0.2, 0.25) is 5.88 Å². The number of piperazine rings is 1. The summed E-state index contributed by atoms with van der Waals surface area (Å²) in [5, 5.41) is 13.1. The van der Waals surface area contributed by atoms with Gasteiger partial charge in [-0.25, -0.2) is 0 Å². The van der Waals surface area contributed by atoms with Crippen LogP contribution in [0, 0.1) is 0 Å². The molecule has 2 aliphatic heterocycles. The predicted octanol–water partition coefficient (Wildman–Crippen LogP) is -0.349. The van der Waals surface area contributed by atoms with E-state index in [1.807, 2.05) is 38.0 Å². The highest BCUT2D eigenvalue weighted by Gasteiger charge is 2.26. The molecule has 3 heterocycles. The summed E-state index contributed by atoms with van der Waals surface area (Å²) in [6, 6.07) is 4.94. The van der Waals surface area contributed by atoms with Crippen LogP contribution in [-0.4, -0.2) is 135 Å². The lowest BCUT2D eigenvalue weighted by Crippen LogP contribution is -2.45. The summed E-state index contributed by atoms with van der Waals surface area (Å²) < 4.78 is 8.49. The van der Waals surface area contributed by atoms with Crippen molar-refractivity contribution in [1.29, 1.82) is 0 Å². The van der Waals surface area contributed by atoms with Crippen LogP contribution in [-0.2, 0) is 17.8 Å². The van der Waals surface area contributed by atoms with Crippen molar-refractivity contribution in [2.75, 3.05) is 101 Å². The molecule has 0 saturated carbocycles. The predicted molar refractivity (Wildman–Crippen MR) is 169 cm³/mol. The topological polar surface area (TPSA) is 116 Å². The van der Waals surface area contributed by atoms with Crippen LogP contribution >= 0.6 is 0 Å². The summed E-state index contributed by atoms with van der Waals surface area (Å²) in [6.07, 6.45) is 0. The molecule has 0 bridgehead atoms. The number of likely N-dealkylation sites (N-methyl/N-ethyl adjacent to an activating group) is 3. The van der Waals surface area contributed by atoms with Crippen LogP contribution in [0.2, 0.25) is 0 Å². The van der Waals surface area contributed by atoms with Crippen molar-refractivity contribution in [3.8, 4) is 17.0 Å². The molecule has 5 rings (SSSR count). The van der Waals surface area contributed by atoms with Gasteiger partial charge in [0.15, 0.2) is 0 Å². The van der Waals surface area contributed by atoms with Crippen LogP contribution in [0.15, 0.2) is 37.6 Å². The smallest absolute Gasteiger partial charge is 0.263 e. The van der Waals surface area contributed by atoms with E-state index in [0.29, 0.717) is 70.9 Å². The van der Waals surface area contributed by atoms with E-state index in [1.54, 1.807) is 18.2 Å². The minimum atomic E-state index is -0.426. The molecule has 1 N–H and O–H groups in total. The van der Waals surface area contributed by atoms with Crippen molar-refractivity contribution in [3.05, 3.63) is 54.6 Å². The molecule has 2 aromatic rings. The first-order valence-electron chi connectivity index (χ1n) is 14.9. The van der Waals surface area contributed by atoms with Gasteiger partial charge in [0.1, 0.15) is 0 Å². The zero-order valence-corrected chi connectivity index (χ0v) is 25.9. The minimum Gasteiger partial charge on any atom is -0.494 e. The van der Waals surface area contributed by atoms with Gasteiger partial charge in [-0.15, -0.1) is 0 Å². The van der Waals surface area contributed by atoms with E-state index >= 15 is 0 Å². The molecule has 3 aliphatic rings. The van der Waals surface area contributed by atoms with Crippen molar-refractivity contribution in [2.45, 2.75) is 13.1 Å². The summed E-state index contributed by atoms with van der Waals surface area (Å²) in [4.78, 5) is 54.5. The normalized spacial score (nSPS) is 15.8. The van der Waals surface area contributed by atoms with Gasteiger partial charge in [-0.1, -0.05) is 0 Å². The minimum absolute atomic E-state index is 0.184. The fraction of sp³-hybridized carbons (Fsp3) is 0.548. The first-order chi connectivity index (χ1) is 20.6. The van der Waals surface area contributed by atoms with E-state index in [-0.39, 0.29) is 19.0 Å². The van der Waals surface area contributed by atoms with Crippen LogP contribution in [0.1, 0.15) is 0 Å². The van der Waals surface area contributed by atoms with Crippen LogP contribution in [0.5, 0.6) is 5.88 Å². The molecule has 12 heteroatoms. The Morgan fingerprint density at radius 3 is 2.14 bits per heavy atom. The van der Waals surface area contributed by atoms with Crippen molar-refractivity contribution in [1.82, 2.24) is 28.7 Å². The van der Waals surface area contributed by atoms with Crippen LogP contribution < -0.4 is 22.0 Å². The first kappa shape index (κ1) is 31.0. The third-order valence-electron chi connectivity index (χ3n) is 8.38. The summed E-state index contributed by atoms with van der Waals surface area (Å²) in [7, 11) is 9.69. The standard InChI is InChI=1S/C31H43N7O5/c1-33(2)9-15-37-28(39)21-6-7-22-26-25(21)23(30(37)41)20-24(27(26)31(42)38(29(22)40)16-10-34(3)4)32-8-18-43-19-17-36-13-11-35(5)12-14-36/h6-7,20,40H,8-19H2,1-5H3. The lowest BCUT2D eigenvalue weighted by molar-refractivity contribution is 0.0855. The molecular weight excluding hydrogens is 550 g/mol. The molecule has 0 amide bonds. The van der Waals surface area contributed by atoms with Crippen LogP contribution in [0.4, 0.5) is 0 Å². The molecule has 232 valence electrons. The Hall–Kier alpha value is -3.42. The number of pyridine rings is 2. The third-order valence-corrected chi connectivity index (χ3v) is 8.38. The Balaban J connectivity index is 1.59. The van der Waals surface area contributed by atoms with E-state index in [9.17, 15) is 19.5 Å². The van der Waals surface area contributed by atoms with Gasteiger partial charge in [-0.05, 0) is 53.4 Å². The maximum atomic E-state index is 14.0. The second-order valence-corrected chi connectivity index (χ2v) is 12.0. The van der Waals surface area contributed by atoms with Crippen molar-refractivity contribution >= 4 is 21.5 Å². The maximum absolute atomic E-state index is 14.0. The molecule has 0 atom stereocenters. The molecule has 1 aromatic heterocycles. The van der Waals surface area contributed by atoms with Gasteiger partial charge in [0, 0.05) is 80.6 Å². The van der Waals surface area contributed by atoms with E-state index in [4.69, 9.17) is 9.73 Å². The van der Waals surface area contributed by atoms with E-state index < -0.39 is 16.7 Å². The van der Waals surface area contributed by atoms with Crippen LogP contribution in [0.25, 0.3) is 32.7 Å². The molecular formula is C31H43N7O5. The van der Waals surface area contributed by atoms with E-state index in [1.165, 1.54) is 9.13 Å². The molecule has 1 aromatic carbocycles. The largest absolute Gasteiger partial charge is 0.494 e. The summed E-state index contributed by atoms with van der Waals surface area (Å²) >= 11 is 0. The van der Waals surface area contributed by atoms with Crippen molar-refractivity contribution in [2.24, 2.45) is 4.99 Å². The Bertz CT molecular complexity index is 1770. The first-order valence-corrected chi connectivity index (χ1v) is 14.9. The highest BCUT2D eigenvalue weighted by atomic mass is 16.5. The van der Waals surface area contributed by atoms with Crippen molar-refractivity contribution < 1.29 is 9.84 Å². The molecule has 1 fully saturated rings. The highest BCUT2D eigenvalue weighted by Crippen LogP contribution is 2.36. The summed E-state index contributed by atoms with van der Waals surface area (Å²) in [5.41, 5.74) is -0.522. The van der Waals surface area contributed by atoms with Gasteiger partial charge >= 0.3 is 0 Å². The number of rotatable bonds is 12. The lowest BCUT2D eigenvalue weighted by atomic mass is 9.90. The molecule has 43 heavy (non-hydrogen) atoms. The average molecular weight is 594 g/mol. The fourth-order valence-corrected chi connectivity index (χ4v) is 5.79. The molecule has 0 spiro atoms. The molecule has 1 aliphatic carbocycles. The zero-order chi connectivity index (χ0) is 30.8. The van der Waals surface area contributed by atoms with Gasteiger partial charge in [0.25, 0.3) is 16.7 Å². The number of nitrogens with zero attached hydrogens (tertiary/aromatic N) is 7. The molecule has 0 unspecified atom stereocenters. The number of aromatic nitrogens is 2. The van der Waals surface area contributed by atoms with Gasteiger partial charge < -0.3 is 24.5 Å². The monoisotopic (exact) mass is 593 g/mol. The number of benzene rings is 2. The number of hydrogen-bond donors (Lipinski definition) is 1. The number of aromatic hydroxyl groups is 1. The van der Waals surface area contributed by atoms with Gasteiger partial charge in [0.05, 0.1) is 36.1 Å². The molecule has 1 saturated heterocycles. The third kappa shape index (κ3) is 6.29. The Morgan fingerprint density at radius 2 is 1.47 bits per heavy atom. The average Bonchev–Trinajstić information content (AvgIpc) is 2.97. The van der Waals surface area contributed by atoms with E-state index in [2.05, 4.69) is 16.8 Å². The Morgan fingerprint density at radius 1 is 0.814 bits per heavy atom. The zero-order valence-electron chi connectivity index (χ0n) is 25.9. The SMILES string of the molecule is CN(C)CCn1c(O)c2ccc3c4c2c(c(=NCCOCCN2CCN(C)CC2)cc-4c(=O)n(CCN(C)C)c3=O)c1=O. The van der Waals surface area contributed by atoms with Gasteiger partial charge in [-0.2, -0.15) is 0 Å². The highest BCUT2D eigenvalue weighted by molar-refractivity contribution is 6.15. The van der Waals surface area contributed by atoms with E-state index in [0.717, 1.165) is 32.7 Å². The maximum Gasteiger partial charge on any atom is 0.263 e. The second kappa shape index (κ2) is 13.1. The van der Waals surface area contributed by atoms with Crippen LogP contribution in [0.3, 0.4) is 0 Å². The Kier molecular flexibility index (Phi) is 9.42. The lowest BCUT2D eigenvalue weighted by Gasteiger charge is -2.32.